The van der Waals surface area contributed by atoms with Crippen LogP contribution in [0.2, 0.25) is 0 Å². The summed E-state index contributed by atoms with van der Waals surface area (Å²) < 4.78 is 14.3. The Hall–Kier alpha value is -2.44. The number of anilines is 1. The van der Waals surface area contributed by atoms with Gasteiger partial charge in [0.15, 0.2) is 0 Å². The van der Waals surface area contributed by atoms with E-state index in [2.05, 4.69) is 31.2 Å². The molecule has 1 aliphatic heterocycles. The number of carboxylic acids is 1. The molecular weight excluding hydrogens is 447 g/mol. The van der Waals surface area contributed by atoms with Crippen molar-refractivity contribution in [3.63, 3.8) is 0 Å². The second kappa shape index (κ2) is 10.3. The summed E-state index contributed by atoms with van der Waals surface area (Å²) in [4.78, 5) is 30.3. The number of carboxylic acid groups (broad SMARTS) is 1. The molecule has 3 aliphatic rings. The van der Waals surface area contributed by atoms with Crippen molar-refractivity contribution in [3.05, 3.63) is 29.6 Å². The first-order chi connectivity index (χ1) is 16.5. The summed E-state index contributed by atoms with van der Waals surface area (Å²) in [5.74, 6) is -0.226. The van der Waals surface area contributed by atoms with Crippen molar-refractivity contribution in [1.29, 1.82) is 0 Å². The molecule has 1 aromatic rings. The lowest BCUT2D eigenvalue weighted by molar-refractivity contribution is -0.137. The topological polar surface area (TPSA) is 88.0 Å². The van der Waals surface area contributed by atoms with Crippen LogP contribution in [-0.2, 0) is 14.4 Å². The molecule has 35 heavy (non-hydrogen) atoms. The second-order valence-electron chi connectivity index (χ2n) is 12.2. The number of rotatable bonds is 10. The van der Waals surface area contributed by atoms with E-state index in [4.69, 9.17) is 4.84 Å². The van der Waals surface area contributed by atoms with E-state index >= 15 is 0 Å². The maximum Gasteiger partial charge on any atom is 0.303 e. The van der Waals surface area contributed by atoms with Gasteiger partial charge in [-0.2, -0.15) is 0 Å². The fourth-order valence-corrected chi connectivity index (χ4v) is 5.99. The van der Waals surface area contributed by atoms with E-state index in [-0.39, 0.29) is 42.4 Å². The number of hydrogen-bond acceptors (Lipinski definition) is 4. The maximum atomic E-state index is 14.3. The smallest absolute Gasteiger partial charge is 0.303 e. The molecule has 0 spiro atoms. The quantitative estimate of drug-likeness (QED) is 0.413. The van der Waals surface area contributed by atoms with Gasteiger partial charge in [0.05, 0.1) is 11.4 Å². The number of amides is 1. The zero-order valence-corrected chi connectivity index (χ0v) is 21.4. The van der Waals surface area contributed by atoms with Crippen molar-refractivity contribution in [2.75, 3.05) is 5.32 Å². The van der Waals surface area contributed by atoms with Crippen molar-refractivity contribution in [3.8, 4) is 0 Å². The number of nitrogens with one attached hydrogen (secondary N) is 1. The van der Waals surface area contributed by atoms with E-state index in [9.17, 15) is 19.1 Å². The van der Waals surface area contributed by atoms with Crippen LogP contribution in [0.3, 0.4) is 0 Å². The summed E-state index contributed by atoms with van der Waals surface area (Å²) in [5.41, 5.74) is 2.07. The summed E-state index contributed by atoms with van der Waals surface area (Å²) >= 11 is 0. The lowest BCUT2D eigenvalue weighted by Gasteiger charge is -2.42. The molecule has 7 heteroatoms. The lowest BCUT2D eigenvalue weighted by Crippen LogP contribution is -2.42. The maximum absolute atomic E-state index is 14.3. The van der Waals surface area contributed by atoms with E-state index in [0.717, 1.165) is 37.0 Å². The number of aryl methyl sites for hydroxylation is 1. The van der Waals surface area contributed by atoms with Crippen molar-refractivity contribution in [2.45, 2.75) is 85.2 Å². The number of carbonyl (C=O) groups is 2. The van der Waals surface area contributed by atoms with Crippen molar-refractivity contribution in [2.24, 2.45) is 40.2 Å². The van der Waals surface area contributed by atoms with Crippen LogP contribution in [0.5, 0.6) is 0 Å². The van der Waals surface area contributed by atoms with E-state index in [0.29, 0.717) is 29.6 Å². The molecule has 2 fully saturated rings. The first kappa shape index (κ1) is 25.6. The number of halogens is 1. The van der Waals surface area contributed by atoms with Crippen LogP contribution in [0.15, 0.2) is 23.4 Å². The van der Waals surface area contributed by atoms with Gasteiger partial charge < -0.3 is 15.3 Å². The van der Waals surface area contributed by atoms with Gasteiger partial charge in [0.1, 0.15) is 11.9 Å². The first-order valence-corrected chi connectivity index (χ1v) is 13.0. The summed E-state index contributed by atoms with van der Waals surface area (Å²) in [6.45, 7) is 8.63. The average Bonchev–Trinajstić information content (AvgIpc) is 3.47. The average molecular weight is 487 g/mol. The molecule has 1 heterocycles. The minimum absolute atomic E-state index is 0.0265. The van der Waals surface area contributed by atoms with Gasteiger partial charge in [-0.25, -0.2) is 4.39 Å². The third-order valence-electron chi connectivity index (χ3n) is 7.70. The van der Waals surface area contributed by atoms with E-state index in [1.165, 1.54) is 12.5 Å². The first-order valence-electron chi connectivity index (χ1n) is 13.0. The molecule has 1 aromatic carbocycles. The summed E-state index contributed by atoms with van der Waals surface area (Å²) in [5, 5.41) is 16.5. The number of benzene rings is 1. The highest BCUT2D eigenvalue weighted by atomic mass is 19.1. The van der Waals surface area contributed by atoms with E-state index in [1.54, 1.807) is 19.1 Å². The Bertz CT molecular complexity index is 976. The van der Waals surface area contributed by atoms with Crippen LogP contribution >= 0.6 is 0 Å². The predicted molar refractivity (Wildman–Crippen MR) is 134 cm³/mol. The third-order valence-corrected chi connectivity index (χ3v) is 7.70. The largest absolute Gasteiger partial charge is 0.481 e. The van der Waals surface area contributed by atoms with Crippen LogP contribution in [0.4, 0.5) is 10.1 Å². The zero-order valence-electron chi connectivity index (χ0n) is 21.4. The van der Waals surface area contributed by atoms with Gasteiger partial charge >= 0.3 is 5.97 Å². The predicted octanol–water partition coefficient (Wildman–Crippen LogP) is 6.19. The molecule has 2 N–H and O–H groups in total. The van der Waals surface area contributed by atoms with Crippen LogP contribution in [0, 0.1) is 47.7 Å². The number of hydrogen-bond donors (Lipinski definition) is 2. The lowest BCUT2D eigenvalue weighted by atomic mass is 9.63. The standard InChI is InChI=1S/C28H39FN2O4/c1-16-5-9-22(21(29)11-16)30-23(32)14-19(8-10-24(33)34)26-25(18-6-7-18)27(35-31-26)20-12-17(13-20)15-28(2,3)4/h5,9,11,17-20,25,27H,6-8,10,12-15H2,1-4H3,(H,30,32)(H,33,34)/t17?,19-,20?,25?,27?/m0/s1. The third kappa shape index (κ3) is 6.62. The van der Waals surface area contributed by atoms with Crippen LogP contribution in [0.1, 0.15) is 77.7 Å². The SMILES string of the molecule is Cc1ccc(NC(=O)C[C@H](CCC(=O)O)C2=NOC(C3CC(CC(C)(C)C)C3)C2C2CC2)c(F)c1. The molecule has 0 bridgehead atoms. The number of nitrogens with zero attached hydrogens (tertiary/aromatic N) is 1. The van der Waals surface area contributed by atoms with Gasteiger partial charge in [-0.1, -0.05) is 32.0 Å². The number of oxime groups is 1. The summed E-state index contributed by atoms with van der Waals surface area (Å²) in [6, 6.07) is 4.68. The molecule has 4 rings (SSSR count). The fraction of sp³-hybridized carbons (Fsp3) is 0.679. The van der Waals surface area contributed by atoms with Crippen molar-refractivity contribution < 1.29 is 23.9 Å². The fourth-order valence-electron chi connectivity index (χ4n) is 5.99. The van der Waals surface area contributed by atoms with Gasteiger partial charge in [0.25, 0.3) is 0 Å². The molecule has 0 radical (unpaired) electrons. The van der Waals surface area contributed by atoms with Crippen LogP contribution in [0.25, 0.3) is 0 Å². The Kier molecular flexibility index (Phi) is 7.53. The molecule has 0 saturated heterocycles. The molecule has 0 aromatic heterocycles. The summed E-state index contributed by atoms with van der Waals surface area (Å²) in [6.07, 6.45) is 6.08. The molecule has 6 nitrogen and oxygen atoms in total. The number of aliphatic carboxylic acids is 1. The Balaban J connectivity index is 1.44. The van der Waals surface area contributed by atoms with Crippen LogP contribution in [-0.4, -0.2) is 28.8 Å². The zero-order chi connectivity index (χ0) is 25.3. The molecule has 192 valence electrons. The monoisotopic (exact) mass is 486 g/mol. The van der Waals surface area contributed by atoms with Gasteiger partial charge in [0, 0.05) is 24.7 Å². The minimum atomic E-state index is -0.900. The molecule has 3 atom stereocenters. The van der Waals surface area contributed by atoms with Crippen LogP contribution < -0.4 is 5.32 Å². The molecule has 2 unspecified atom stereocenters. The molecular formula is C28H39FN2O4. The van der Waals surface area contributed by atoms with Gasteiger partial charge in [0.2, 0.25) is 5.91 Å². The summed E-state index contributed by atoms with van der Waals surface area (Å²) in [7, 11) is 0. The molecule has 2 aliphatic carbocycles. The van der Waals surface area contributed by atoms with Gasteiger partial charge in [-0.05, 0) is 86.3 Å². The molecule has 2 saturated carbocycles. The Morgan fingerprint density at radius 3 is 2.54 bits per heavy atom. The number of carbonyl (C=O) groups excluding carboxylic acids is 1. The Morgan fingerprint density at radius 2 is 1.94 bits per heavy atom. The van der Waals surface area contributed by atoms with E-state index < -0.39 is 11.8 Å². The highest BCUT2D eigenvalue weighted by Gasteiger charge is 2.52. The normalized spacial score (nSPS) is 26.9. The molecule has 1 amide bonds. The van der Waals surface area contributed by atoms with E-state index in [1.807, 2.05) is 0 Å². The highest BCUT2D eigenvalue weighted by Crippen LogP contribution is 2.52. The minimum Gasteiger partial charge on any atom is -0.481 e. The van der Waals surface area contributed by atoms with Gasteiger partial charge in [-0.15, -0.1) is 0 Å². The Morgan fingerprint density at radius 1 is 1.23 bits per heavy atom. The Labute approximate surface area is 207 Å². The van der Waals surface area contributed by atoms with Crippen molar-refractivity contribution in [1.82, 2.24) is 0 Å². The van der Waals surface area contributed by atoms with Gasteiger partial charge in [-0.3, -0.25) is 9.59 Å². The second-order valence-corrected chi connectivity index (χ2v) is 12.2. The van der Waals surface area contributed by atoms with Crippen molar-refractivity contribution >= 4 is 23.3 Å². The highest BCUT2D eigenvalue weighted by molar-refractivity contribution is 5.98.